The van der Waals surface area contributed by atoms with Crippen molar-refractivity contribution in [2.24, 2.45) is 0 Å². The molecular weight excluding hydrogens is 310 g/mol. The summed E-state index contributed by atoms with van der Waals surface area (Å²) in [4.78, 5) is 27.3. The van der Waals surface area contributed by atoms with Gasteiger partial charge in [-0.05, 0) is 23.4 Å². The summed E-state index contributed by atoms with van der Waals surface area (Å²) >= 11 is 1.31. The maximum atomic E-state index is 12.8. The van der Waals surface area contributed by atoms with E-state index < -0.39 is 17.7 Å². The predicted octanol–water partition coefficient (Wildman–Crippen LogP) is 3.74. The van der Waals surface area contributed by atoms with Gasteiger partial charge in [-0.1, -0.05) is 43.3 Å². The fourth-order valence-corrected chi connectivity index (χ4v) is 3.56. The minimum Gasteiger partial charge on any atom is -0.503 e. The van der Waals surface area contributed by atoms with Crippen LogP contribution in [-0.2, 0) is 4.79 Å². The lowest BCUT2D eigenvalue weighted by Crippen LogP contribution is -2.31. The Morgan fingerprint density at radius 2 is 1.96 bits per heavy atom. The van der Waals surface area contributed by atoms with Crippen molar-refractivity contribution in [3.05, 3.63) is 69.6 Å². The Balaban J connectivity index is 2.10. The van der Waals surface area contributed by atoms with Crippen molar-refractivity contribution in [2.45, 2.75) is 19.4 Å². The number of ketones is 1. The molecule has 1 unspecified atom stereocenters. The highest BCUT2D eigenvalue weighted by molar-refractivity contribution is 7.12. The quantitative estimate of drug-likeness (QED) is 0.851. The van der Waals surface area contributed by atoms with Crippen molar-refractivity contribution in [3.63, 3.8) is 0 Å². The number of hydrogen-bond donors (Lipinski definition) is 1. The maximum absolute atomic E-state index is 12.8. The Bertz CT molecular complexity index is 750. The van der Waals surface area contributed by atoms with Crippen molar-refractivity contribution in [1.29, 1.82) is 0 Å². The molecule has 0 aliphatic carbocycles. The van der Waals surface area contributed by atoms with Gasteiger partial charge in [-0.15, -0.1) is 11.3 Å². The molecule has 3 rings (SSSR count). The van der Waals surface area contributed by atoms with E-state index in [0.717, 1.165) is 12.0 Å². The number of Topliss-reactive ketones (excluding diaryl/α,β-unsaturated/α-hetero) is 1. The smallest absolute Gasteiger partial charge is 0.290 e. The molecule has 0 bridgehead atoms. The molecule has 1 aliphatic heterocycles. The number of nitrogens with zero attached hydrogens (tertiary/aromatic N) is 1. The van der Waals surface area contributed by atoms with E-state index in [1.165, 1.54) is 11.3 Å². The van der Waals surface area contributed by atoms with Gasteiger partial charge in [-0.2, -0.15) is 0 Å². The SMILES string of the molecule is CCCN1C(=O)C(O)=C(C(=O)c2cccs2)C1c1ccccc1. The highest BCUT2D eigenvalue weighted by Crippen LogP contribution is 2.39. The van der Waals surface area contributed by atoms with Gasteiger partial charge in [0.25, 0.3) is 5.91 Å². The molecule has 2 heterocycles. The van der Waals surface area contributed by atoms with Gasteiger partial charge in [-0.3, -0.25) is 9.59 Å². The number of aliphatic hydroxyl groups excluding tert-OH is 1. The summed E-state index contributed by atoms with van der Waals surface area (Å²) in [6.07, 6.45) is 0.753. The van der Waals surface area contributed by atoms with Gasteiger partial charge in [0, 0.05) is 6.54 Å². The van der Waals surface area contributed by atoms with Crippen LogP contribution < -0.4 is 0 Å². The normalized spacial score (nSPS) is 17.9. The van der Waals surface area contributed by atoms with Gasteiger partial charge >= 0.3 is 0 Å². The molecule has 1 N–H and O–H groups in total. The van der Waals surface area contributed by atoms with Crippen LogP contribution in [0, 0.1) is 0 Å². The van der Waals surface area contributed by atoms with Crippen LogP contribution in [0.5, 0.6) is 0 Å². The van der Waals surface area contributed by atoms with Crippen LogP contribution in [0.3, 0.4) is 0 Å². The van der Waals surface area contributed by atoms with E-state index in [9.17, 15) is 14.7 Å². The zero-order chi connectivity index (χ0) is 16.4. The lowest BCUT2D eigenvalue weighted by molar-refractivity contribution is -0.129. The minimum atomic E-state index is -0.529. The molecule has 0 fully saturated rings. The standard InChI is InChI=1S/C18H17NO3S/c1-2-10-19-15(12-7-4-3-5-8-12)14(17(21)18(19)22)16(20)13-9-6-11-23-13/h3-9,11,15,21H,2,10H2,1H3. The monoisotopic (exact) mass is 327 g/mol. The molecule has 118 valence electrons. The summed E-state index contributed by atoms with van der Waals surface area (Å²) in [6, 6.07) is 12.3. The largest absolute Gasteiger partial charge is 0.503 e. The van der Waals surface area contributed by atoms with Gasteiger partial charge in [0.2, 0.25) is 5.78 Å². The first-order valence-electron chi connectivity index (χ1n) is 7.52. The van der Waals surface area contributed by atoms with Crippen LogP contribution in [0.2, 0.25) is 0 Å². The number of thiophene rings is 1. The molecule has 0 saturated heterocycles. The predicted molar refractivity (Wildman–Crippen MR) is 89.5 cm³/mol. The third-order valence-electron chi connectivity index (χ3n) is 3.87. The lowest BCUT2D eigenvalue weighted by Gasteiger charge is -2.26. The van der Waals surface area contributed by atoms with E-state index in [4.69, 9.17) is 0 Å². The highest BCUT2D eigenvalue weighted by Gasteiger charge is 2.43. The van der Waals surface area contributed by atoms with Gasteiger partial charge in [0.05, 0.1) is 16.5 Å². The first-order valence-corrected chi connectivity index (χ1v) is 8.40. The van der Waals surface area contributed by atoms with Crippen molar-refractivity contribution < 1.29 is 14.7 Å². The molecule has 1 amide bonds. The average molecular weight is 327 g/mol. The second-order valence-corrected chi connectivity index (χ2v) is 6.33. The molecule has 5 heteroatoms. The molecule has 1 aromatic carbocycles. The zero-order valence-electron chi connectivity index (χ0n) is 12.7. The summed E-state index contributed by atoms with van der Waals surface area (Å²) in [6.45, 7) is 2.45. The third-order valence-corrected chi connectivity index (χ3v) is 4.74. The Hall–Kier alpha value is -2.40. The molecule has 23 heavy (non-hydrogen) atoms. The number of carbonyl (C=O) groups is 2. The van der Waals surface area contributed by atoms with E-state index in [-0.39, 0.29) is 11.4 Å². The second-order valence-electron chi connectivity index (χ2n) is 5.38. The molecule has 1 aliphatic rings. The van der Waals surface area contributed by atoms with Crippen LogP contribution in [-0.4, -0.2) is 28.2 Å². The van der Waals surface area contributed by atoms with Crippen LogP contribution in [0.1, 0.15) is 34.6 Å². The molecule has 1 atom stereocenters. The minimum absolute atomic E-state index is 0.178. The van der Waals surface area contributed by atoms with Crippen molar-refractivity contribution in [3.8, 4) is 0 Å². The first kappa shape index (κ1) is 15.5. The van der Waals surface area contributed by atoms with Crippen LogP contribution in [0.15, 0.2) is 59.2 Å². The Morgan fingerprint density at radius 1 is 1.22 bits per heavy atom. The average Bonchev–Trinajstić information content (AvgIpc) is 3.18. The van der Waals surface area contributed by atoms with Crippen molar-refractivity contribution in [1.82, 2.24) is 4.90 Å². The fraction of sp³-hybridized carbons (Fsp3) is 0.222. The second kappa shape index (κ2) is 6.38. The van der Waals surface area contributed by atoms with Gasteiger partial charge in [0.1, 0.15) is 0 Å². The first-order chi connectivity index (χ1) is 11.1. The Morgan fingerprint density at radius 3 is 2.57 bits per heavy atom. The van der Waals surface area contributed by atoms with E-state index in [0.29, 0.717) is 11.4 Å². The fourth-order valence-electron chi connectivity index (χ4n) is 2.88. The van der Waals surface area contributed by atoms with E-state index >= 15 is 0 Å². The molecule has 1 aromatic heterocycles. The van der Waals surface area contributed by atoms with Crippen LogP contribution in [0.25, 0.3) is 0 Å². The molecule has 0 saturated carbocycles. The summed E-state index contributed by atoms with van der Waals surface area (Å²) in [7, 11) is 0. The number of carbonyl (C=O) groups excluding carboxylic acids is 2. The topological polar surface area (TPSA) is 57.6 Å². The number of aliphatic hydroxyl groups is 1. The summed E-state index contributed by atoms with van der Waals surface area (Å²) in [5.41, 5.74) is 1.01. The highest BCUT2D eigenvalue weighted by atomic mass is 32.1. The lowest BCUT2D eigenvalue weighted by atomic mass is 9.95. The van der Waals surface area contributed by atoms with Crippen LogP contribution >= 0.6 is 11.3 Å². The molecular formula is C18H17NO3S. The number of benzene rings is 1. The zero-order valence-corrected chi connectivity index (χ0v) is 13.5. The number of hydrogen-bond acceptors (Lipinski definition) is 4. The maximum Gasteiger partial charge on any atom is 0.290 e. The molecule has 2 aromatic rings. The summed E-state index contributed by atoms with van der Waals surface area (Å²) in [5, 5.41) is 12.1. The van der Waals surface area contributed by atoms with E-state index in [1.807, 2.05) is 42.6 Å². The van der Waals surface area contributed by atoms with E-state index in [2.05, 4.69) is 0 Å². The van der Waals surface area contributed by atoms with E-state index in [1.54, 1.807) is 17.0 Å². The summed E-state index contributed by atoms with van der Waals surface area (Å²) < 4.78 is 0. The third kappa shape index (κ3) is 2.68. The Kier molecular flexibility index (Phi) is 4.30. The van der Waals surface area contributed by atoms with Crippen molar-refractivity contribution in [2.75, 3.05) is 6.54 Å². The van der Waals surface area contributed by atoms with Crippen molar-refractivity contribution >= 4 is 23.0 Å². The van der Waals surface area contributed by atoms with Gasteiger partial charge in [-0.25, -0.2) is 0 Å². The van der Waals surface area contributed by atoms with Crippen LogP contribution in [0.4, 0.5) is 0 Å². The van der Waals surface area contributed by atoms with Gasteiger partial charge in [0.15, 0.2) is 5.76 Å². The number of rotatable bonds is 5. The molecule has 4 nitrogen and oxygen atoms in total. The van der Waals surface area contributed by atoms with Gasteiger partial charge < -0.3 is 10.0 Å². The molecule has 0 spiro atoms. The summed E-state index contributed by atoms with van der Waals surface area (Å²) in [5.74, 6) is -1.18. The Labute approximate surface area is 138 Å². The molecule has 0 radical (unpaired) electrons. The number of amides is 1.